The quantitative estimate of drug-likeness (QED) is 0.546. The Kier molecular flexibility index (Phi) is 4.17. The summed E-state index contributed by atoms with van der Waals surface area (Å²) in [6.07, 6.45) is 0. The van der Waals surface area contributed by atoms with Crippen LogP contribution >= 0.6 is 0 Å². The molecule has 144 valence electrons. The number of para-hydroxylation sites is 2. The molecular formula is C23H18N2O4. The van der Waals surface area contributed by atoms with Gasteiger partial charge < -0.3 is 19.2 Å². The maximum Gasteiger partial charge on any atom is 0.255 e. The van der Waals surface area contributed by atoms with Crippen LogP contribution in [0.5, 0.6) is 11.5 Å². The topological polar surface area (TPSA) is 73.6 Å². The highest BCUT2D eigenvalue weighted by atomic mass is 16.6. The number of benzene rings is 3. The lowest BCUT2D eigenvalue weighted by molar-refractivity contribution is 0.102. The van der Waals surface area contributed by atoms with Gasteiger partial charge in [0.2, 0.25) is 5.89 Å². The Morgan fingerprint density at radius 1 is 0.966 bits per heavy atom. The van der Waals surface area contributed by atoms with Crippen molar-refractivity contribution in [2.75, 3.05) is 18.5 Å². The number of ether oxygens (including phenoxy) is 2. The molecule has 0 saturated heterocycles. The van der Waals surface area contributed by atoms with Gasteiger partial charge in [-0.1, -0.05) is 18.2 Å². The Balaban J connectivity index is 1.43. The van der Waals surface area contributed by atoms with Crippen molar-refractivity contribution in [3.05, 3.63) is 71.8 Å². The summed E-state index contributed by atoms with van der Waals surface area (Å²) in [4.78, 5) is 17.3. The predicted molar refractivity (Wildman–Crippen MR) is 110 cm³/mol. The fourth-order valence-corrected chi connectivity index (χ4v) is 3.26. The van der Waals surface area contributed by atoms with E-state index in [4.69, 9.17) is 13.9 Å². The molecule has 0 atom stereocenters. The van der Waals surface area contributed by atoms with Gasteiger partial charge in [-0.2, -0.15) is 0 Å². The Morgan fingerprint density at radius 3 is 2.66 bits per heavy atom. The number of nitrogens with one attached hydrogen (secondary N) is 1. The second-order valence-electron chi connectivity index (χ2n) is 6.83. The summed E-state index contributed by atoms with van der Waals surface area (Å²) in [6.45, 7) is 2.93. The summed E-state index contributed by atoms with van der Waals surface area (Å²) in [6, 6.07) is 18.5. The second-order valence-corrected chi connectivity index (χ2v) is 6.83. The molecule has 0 bridgehead atoms. The zero-order valence-corrected chi connectivity index (χ0v) is 15.8. The maximum absolute atomic E-state index is 12.8. The molecule has 6 nitrogen and oxygen atoms in total. The van der Waals surface area contributed by atoms with E-state index in [2.05, 4.69) is 10.3 Å². The molecule has 1 N–H and O–H groups in total. The highest BCUT2D eigenvalue weighted by Crippen LogP contribution is 2.32. The van der Waals surface area contributed by atoms with Gasteiger partial charge in [0.15, 0.2) is 17.1 Å². The largest absolute Gasteiger partial charge is 0.486 e. The first kappa shape index (κ1) is 17.3. The van der Waals surface area contributed by atoms with Crippen LogP contribution in [0.3, 0.4) is 0 Å². The molecule has 3 aromatic carbocycles. The lowest BCUT2D eigenvalue weighted by Crippen LogP contribution is -2.17. The minimum Gasteiger partial charge on any atom is -0.486 e. The number of nitrogens with zero attached hydrogens (tertiary/aromatic N) is 1. The van der Waals surface area contributed by atoms with Crippen molar-refractivity contribution in [1.82, 2.24) is 4.98 Å². The number of carbonyl (C=O) groups excluding carboxylic acids is 1. The number of carbonyl (C=O) groups is 1. The molecule has 1 aliphatic heterocycles. The normalized spacial score (nSPS) is 12.7. The van der Waals surface area contributed by atoms with E-state index >= 15 is 0 Å². The summed E-state index contributed by atoms with van der Waals surface area (Å²) >= 11 is 0. The number of amides is 1. The van der Waals surface area contributed by atoms with Crippen LogP contribution in [0.1, 0.15) is 15.9 Å². The number of aryl methyl sites for hydroxylation is 1. The van der Waals surface area contributed by atoms with Gasteiger partial charge in [-0.05, 0) is 55.0 Å². The van der Waals surface area contributed by atoms with E-state index in [1.54, 1.807) is 18.2 Å². The van der Waals surface area contributed by atoms with Crippen LogP contribution in [0.15, 0.2) is 65.1 Å². The maximum atomic E-state index is 12.8. The highest BCUT2D eigenvalue weighted by Gasteiger charge is 2.16. The van der Waals surface area contributed by atoms with Gasteiger partial charge >= 0.3 is 0 Å². The summed E-state index contributed by atoms with van der Waals surface area (Å²) in [5.74, 6) is 1.53. The monoisotopic (exact) mass is 386 g/mol. The number of aromatic nitrogens is 1. The molecule has 0 saturated carbocycles. The number of rotatable bonds is 3. The zero-order chi connectivity index (χ0) is 19.8. The zero-order valence-electron chi connectivity index (χ0n) is 15.8. The SMILES string of the molecule is Cc1ccc(-c2nc3ccccc3o2)cc1NC(=O)c1ccc2c(c1)OCCO2. The number of oxazole rings is 1. The second kappa shape index (κ2) is 6.98. The third kappa shape index (κ3) is 3.29. The predicted octanol–water partition coefficient (Wildman–Crippen LogP) is 4.83. The Hall–Kier alpha value is -3.80. The fraction of sp³-hybridized carbons (Fsp3) is 0.130. The van der Waals surface area contributed by atoms with Gasteiger partial charge in [0.1, 0.15) is 18.7 Å². The fourth-order valence-electron chi connectivity index (χ4n) is 3.26. The smallest absolute Gasteiger partial charge is 0.255 e. The van der Waals surface area contributed by atoms with Crippen molar-refractivity contribution in [3.63, 3.8) is 0 Å². The van der Waals surface area contributed by atoms with Crippen LogP contribution in [-0.4, -0.2) is 24.1 Å². The Morgan fingerprint density at radius 2 is 1.79 bits per heavy atom. The lowest BCUT2D eigenvalue weighted by atomic mass is 10.1. The van der Waals surface area contributed by atoms with Crippen molar-refractivity contribution >= 4 is 22.7 Å². The van der Waals surface area contributed by atoms with E-state index in [-0.39, 0.29) is 5.91 Å². The Labute approximate surface area is 167 Å². The molecule has 0 radical (unpaired) electrons. The molecule has 6 heteroatoms. The van der Waals surface area contributed by atoms with Crippen LogP contribution in [0.2, 0.25) is 0 Å². The van der Waals surface area contributed by atoms with Gasteiger partial charge in [-0.15, -0.1) is 0 Å². The van der Waals surface area contributed by atoms with Gasteiger partial charge in [0, 0.05) is 16.8 Å². The van der Waals surface area contributed by atoms with Gasteiger partial charge in [0.25, 0.3) is 5.91 Å². The number of fused-ring (bicyclic) bond motifs is 2. The average Bonchev–Trinajstić information content (AvgIpc) is 3.19. The minimum atomic E-state index is -0.222. The van der Waals surface area contributed by atoms with Crippen LogP contribution in [0.4, 0.5) is 5.69 Å². The number of hydrogen-bond donors (Lipinski definition) is 1. The van der Waals surface area contributed by atoms with Crippen LogP contribution < -0.4 is 14.8 Å². The number of hydrogen-bond acceptors (Lipinski definition) is 5. The highest BCUT2D eigenvalue weighted by molar-refractivity contribution is 6.05. The van der Waals surface area contributed by atoms with Crippen molar-refractivity contribution in [1.29, 1.82) is 0 Å². The third-order valence-corrected chi connectivity index (χ3v) is 4.83. The van der Waals surface area contributed by atoms with E-state index in [9.17, 15) is 4.79 Å². The summed E-state index contributed by atoms with van der Waals surface area (Å²) < 4.78 is 16.9. The minimum absolute atomic E-state index is 0.222. The summed E-state index contributed by atoms with van der Waals surface area (Å²) in [5, 5.41) is 2.97. The molecular weight excluding hydrogens is 368 g/mol. The molecule has 0 unspecified atom stereocenters. The van der Waals surface area contributed by atoms with Crippen molar-refractivity contribution in [3.8, 4) is 23.0 Å². The van der Waals surface area contributed by atoms with Crippen LogP contribution in [0.25, 0.3) is 22.6 Å². The summed E-state index contributed by atoms with van der Waals surface area (Å²) in [7, 11) is 0. The molecule has 2 heterocycles. The first-order valence-electron chi connectivity index (χ1n) is 9.35. The van der Waals surface area contributed by atoms with Gasteiger partial charge in [0.05, 0.1) is 0 Å². The lowest BCUT2D eigenvalue weighted by Gasteiger charge is -2.18. The van der Waals surface area contributed by atoms with E-state index < -0.39 is 0 Å². The molecule has 1 aliphatic rings. The van der Waals surface area contributed by atoms with E-state index in [1.807, 2.05) is 49.4 Å². The molecule has 1 aromatic heterocycles. The van der Waals surface area contributed by atoms with E-state index in [0.29, 0.717) is 41.9 Å². The molecule has 5 rings (SSSR count). The van der Waals surface area contributed by atoms with Crippen LogP contribution in [0, 0.1) is 6.92 Å². The first-order valence-corrected chi connectivity index (χ1v) is 9.35. The van der Waals surface area contributed by atoms with Crippen LogP contribution in [-0.2, 0) is 0 Å². The van der Waals surface area contributed by atoms with Crippen molar-refractivity contribution < 1.29 is 18.7 Å². The van der Waals surface area contributed by atoms with Gasteiger partial charge in [-0.3, -0.25) is 4.79 Å². The third-order valence-electron chi connectivity index (χ3n) is 4.83. The number of anilines is 1. The molecule has 0 aliphatic carbocycles. The molecule has 0 spiro atoms. The van der Waals surface area contributed by atoms with E-state index in [0.717, 1.165) is 22.2 Å². The van der Waals surface area contributed by atoms with Crippen molar-refractivity contribution in [2.24, 2.45) is 0 Å². The molecule has 29 heavy (non-hydrogen) atoms. The Bertz CT molecular complexity index is 1200. The van der Waals surface area contributed by atoms with Crippen molar-refractivity contribution in [2.45, 2.75) is 6.92 Å². The average molecular weight is 386 g/mol. The summed E-state index contributed by atoms with van der Waals surface area (Å²) in [5.41, 5.74) is 4.46. The van der Waals surface area contributed by atoms with E-state index in [1.165, 1.54) is 0 Å². The first-order chi connectivity index (χ1) is 14.2. The standard InChI is InChI=1S/C23H18N2O4/c1-14-6-7-16(23-25-17-4-2-3-5-19(17)29-23)12-18(14)24-22(26)15-8-9-20-21(13-15)28-11-10-27-20/h2-9,12-13H,10-11H2,1H3,(H,24,26). The van der Waals surface area contributed by atoms with Gasteiger partial charge in [-0.25, -0.2) is 4.98 Å². The molecule has 0 fully saturated rings. The molecule has 1 amide bonds. The molecule has 4 aromatic rings.